The van der Waals surface area contributed by atoms with Gasteiger partial charge in [-0.05, 0) is 32.4 Å². The van der Waals surface area contributed by atoms with Crippen molar-refractivity contribution in [1.82, 2.24) is 0 Å². The van der Waals surface area contributed by atoms with Crippen molar-refractivity contribution < 1.29 is 4.58 Å². The van der Waals surface area contributed by atoms with Crippen LogP contribution in [0, 0.1) is 0 Å². The Bertz CT molecular complexity index is 500. The standard InChI is InChI=1S/C17H25BrN/c1-5-6-7-8-11-19-13(2)17(3,4)15-12-14(18)9-10-16(15)19/h9-10,12H,5-8,11H2,1-4H3/q+1. The summed E-state index contributed by atoms with van der Waals surface area (Å²) >= 11 is 3.60. The lowest BCUT2D eigenvalue weighted by molar-refractivity contribution is -0.439. The van der Waals surface area contributed by atoms with Gasteiger partial charge in [0.25, 0.3) is 0 Å². The third-order valence-electron chi connectivity index (χ3n) is 4.47. The molecule has 0 fully saturated rings. The molecular weight excluding hydrogens is 298 g/mol. The van der Waals surface area contributed by atoms with Crippen LogP contribution in [0.1, 0.15) is 58.9 Å². The van der Waals surface area contributed by atoms with Crippen molar-refractivity contribution in [3.63, 3.8) is 0 Å². The molecule has 0 N–H and O–H groups in total. The molecule has 1 aromatic carbocycles. The van der Waals surface area contributed by atoms with Crippen molar-refractivity contribution in [2.45, 2.75) is 58.8 Å². The summed E-state index contributed by atoms with van der Waals surface area (Å²) < 4.78 is 3.71. The summed E-state index contributed by atoms with van der Waals surface area (Å²) in [5, 5.41) is 0. The van der Waals surface area contributed by atoms with Crippen LogP contribution in [0.5, 0.6) is 0 Å². The minimum Gasteiger partial charge on any atom is -0.199 e. The number of halogens is 1. The van der Waals surface area contributed by atoms with E-state index in [0.717, 1.165) is 6.54 Å². The summed E-state index contributed by atoms with van der Waals surface area (Å²) in [7, 11) is 0. The fourth-order valence-electron chi connectivity index (χ4n) is 2.94. The van der Waals surface area contributed by atoms with Crippen LogP contribution >= 0.6 is 15.9 Å². The number of rotatable bonds is 5. The number of fused-ring (bicyclic) bond motifs is 1. The first kappa shape index (κ1) is 14.8. The Balaban J connectivity index is 2.26. The van der Waals surface area contributed by atoms with Gasteiger partial charge in [-0.1, -0.05) is 35.7 Å². The summed E-state index contributed by atoms with van der Waals surface area (Å²) in [4.78, 5) is 0. The molecule has 0 unspecified atom stereocenters. The number of hydrogen-bond acceptors (Lipinski definition) is 0. The van der Waals surface area contributed by atoms with Gasteiger partial charge >= 0.3 is 0 Å². The van der Waals surface area contributed by atoms with Crippen LogP contribution in [0.4, 0.5) is 5.69 Å². The molecule has 0 atom stereocenters. The monoisotopic (exact) mass is 322 g/mol. The molecule has 0 bridgehead atoms. The van der Waals surface area contributed by atoms with Gasteiger partial charge in [0, 0.05) is 29.4 Å². The molecule has 0 saturated heterocycles. The molecule has 1 aliphatic rings. The molecular formula is C17H25BrN+. The van der Waals surface area contributed by atoms with E-state index in [1.54, 1.807) is 0 Å². The first-order valence-corrected chi connectivity index (χ1v) is 8.19. The average molecular weight is 323 g/mol. The van der Waals surface area contributed by atoms with Crippen LogP contribution in [0.15, 0.2) is 22.7 Å². The Hall–Kier alpha value is -0.630. The Morgan fingerprint density at radius 3 is 2.58 bits per heavy atom. The smallest absolute Gasteiger partial charge is 0.199 e. The fourth-order valence-corrected chi connectivity index (χ4v) is 3.30. The van der Waals surface area contributed by atoms with Gasteiger partial charge in [-0.3, -0.25) is 0 Å². The van der Waals surface area contributed by atoms with Gasteiger partial charge in [-0.15, -0.1) is 0 Å². The van der Waals surface area contributed by atoms with Crippen molar-refractivity contribution >= 4 is 27.3 Å². The molecule has 1 aliphatic heterocycles. The third-order valence-corrected chi connectivity index (χ3v) is 4.96. The predicted octanol–water partition coefficient (Wildman–Crippen LogP) is 5.43. The quantitative estimate of drug-likeness (QED) is 0.502. The molecule has 0 saturated carbocycles. The number of nitrogens with zero attached hydrogens (tertiary/aromatic N) is 1. The predicted molar refractivity (Wildman–Crippen MR) is 86.8 cm³/mol. The molecule has 0 spiro atoms. The second-order valence-corrected chi connectivity index (χ2v) is 7.00. The molecule has 0 aromatic heterocycles. The lowest BCUT2D eigenvalue weighted by Gasteiger charge is -2.14. The van der Waals surface area contributed by atoms with Crippen LogP contribution in [-0.4, -0.2) is 16.8 Å². The zero-order valence-electron chi connectivity index (χ0n) is 12.6. The minimum absolute atomic E-state index is 0.157. The first-order chi connectivity index (χ1) is 8.98. The maximum Gasteiger partial charge on any atom is 0.209 e. The molecule has 2 rings (SSSR count). The number of hydrogen-bond donors (Lipinski definition) is 0. The van der Waals surface area contributed by atoms with Crippen LogP contribution in [0.3, 0.4) is 0 Å². The summed E-state index contributed by atoms with van der Waals surface area (Å²) in [5.74, 6) is 0. The molecule has 1 heterocycles. The van der Waals surface area contributed by atoms with E-state index in [9.17, 15) is 0 Å². The maximum absolute atomic E-state index is 3.60. The number of benzene rings is 1. The van der Waals surface area contributed by atoms with Gasteiger partial charge in [0.05, 0.1) is 5.41 Å². The second-order valence-electron chi connectivity index (χ2n) is 6.08. The van der Waals surface area contributed by atoms with E-state index in [1.165, 1.54) is 47.1 Å². The highest BCUT2D eigenvalue weighted by atomic mass is 79.9. The first-order valence-electron chi connectivity index (χ1n) is 7.40. The molecule has 0 radical (unpaired) electrons. The molecule has 1 nitrogen and oxygen atoms in total. The zero-order chi connectivity index (χ0) is 14.0. The van der Waals surface area contributed by atoms with E-state index in [-0.39, 0.29) is 5.41 Å². The van der Waals surface area contributed by atoms with Crippen molar-refractivity contribution in [3.05, 3.63) is 28.2 Å². The average Bonchev–Trinajstić information content (AvgIpc) is 2.55. The van der Waals surface area contributed by atoms with Crippen molar-refractivity contribution in [3.8, 4) is 0 Å². The van der Waals surface area contributed by atoms with Crippen LogP contribution in [-0.2, 0) is 5.41 Å². The summed E-state index contributed by atoms with van der Waals surface area (Å²) in [5.41, 5.74) is 4.50. The third kappa shape index (κ3) is 2.79. The fraction of sp³-hybridized carbons (Fsp3) is 0.588. The van der Waals surface area contributed by atoms with E-state index >= 15 is 0 Å². The Kier molecular flexibility index (Phi) is 4.50. The lowest BCUT2D eigenvalue weighted by atomic mass is 9.82. The minimum atomic E-state index is 0.157. The second kappa shape index (κ2) is 5.78. The zero-order valence-corrected chi connectivity index (χ0v) is 14.2. The molecule has 19 heavy (non-hydrogen) atoms. The Morgan fingerprint density at radius 2 is 1.89 bits per heavy atom. The van der Waals surface area contributed by atoms with E-state index in [4.69, 9.17) is 0 Å². The Labute approximate surface area is 125 Å². The van der Waals surface area contributed by atoms with Crippen molar-refractivity contribution in [2.75, 3.05) is 6.54 Å². The highest BCUT2D eigenvalue weighted by Crippen LogP contribution is 2.40. The van der Waals surface area contributed by atoms with Gasteiger partial charge < -0.3 is 0 Å². The summed E-state index contributed by atoms with van der Waals surface area (Å²) in [6, 6.07) is 6.70. The van der Waals surface area contributed by atoms with E-state index in [1.807, 2.05) is 0 Å². The van der Waals surface area contributed by atoms with Gasteiger partial charge in [-0.25, -0.2) is 0 Å². The summed E-state index contributed by atoms with van der Waals surface area (Å²) in [6.07, 6.45) is 5.28. The van der Waals surface area contributed by atoms with Gasteiger partial charge in [0.15, 0.2) is 5.71 Å². The van der Waals surface area contributed by atoms with Crippen LogP contribution < -0.4 is 0 Å². The van der Waals surface area contributed by atoms with Crippen LogP contribution in [0.2, 0.25) is 0 Å². The van der Waals surface area contributed by atoms with Gasteiger partial charge in [-0.2, -0.15) is 4.58 Å². The highest BCUT2D eigenvalue weighted by molar-refractivity contribution is 9.10. The molecule has 1 aromatic rings. The maximum atomic E-state index is 3.60. The summed E-state index contributed by atoms with van der Waals surface area (Å²) in [6.45, 7) is 10.4. The van der Waals surface area contributed by atoms with E-state index < -0.39 is 0 Å². The topological polar surface area (TPSA) is 3.01 Å². The largest absolute Gasteiger partial charge is 0.209 e. The molecule has 0 amide bonds. The van der Waals surface area contributed by atoms with Crippen molar-refractivity contribution in [2.24, 2.45) is 0 Å². The normalized spacial score (nSPS) is 16.9. The van der Waals surface area contributed by atoms with E-state index in [0.29, 0.717) is 0 Å². The number of unbranched alkanes of at least 4 members (excludes halogenated alkanes) is 3. The van der Waals surface area contributed by atoms with Gasteiger partial charge in [0.2, 0.25) is 5.69 Å². The SMILES string of the molecule is CCCCCC[N+]1=C(C)C(C)(C)c2cc(Br)ccc21. The molecule has 0 aliphatic carbocycles. The van der Waals surface area contributed by atoms with Gasteiger partial charge in [0.1, 0.15) is 6.54 Å². The highest BCUT2D eigenvalue weighted by Gasteiger charge is 2.42. The van der Waals surface area contributed by atoms with E-state index in [2.05, 4.69) is 66.4 Å². The van der Waals surface area contributed by atoms with Crippen molar-refractivity contribution in [1.29, 1.82) is 0 Å². The Morgan fingerprint density at radius 1 is 1.16 bits per heavy atom. The lowest BCUT2D eigenvalue weighted by Crippen LogP contribution is -2.26. The molecule has 2 heteroatoms. The van der Waals surface area contributed by atoms with Crippen LogP contribution in [0.25, 0.3) is 0 Å². The molecule has 104 valence electrons.